The summed E-state index contributed by atoms with van der Waals surface area (Å²) >= 11 is 6.15. The highest BCUT2D eigenvalue weighted by Crippen LogP contribution is 2.31. The Balaban J connectivity index is 1.91. The number of halogens is 3. The molecule has 150 valence electrons. The Morgan fingerprint density at radius 3 is 2.43 bits per heavy atom. The van der Waals surface area contributed by atoms with E-state index in [1.807, 2.05) is 0 Å². The van der Waals surface area contributed by atoms with E-state index >= 15 is 0 Å². The van der Waals surface area contributed by atoms with Crippen LogP contribution in [0.4, 0.5) is 20.5 Å². The number of rotatable bonds is 5. The maximum Gasteiger partial charge on any atom is 0.223 e. The molecule has 1 aliphatic rings. The molecule has 1 saturated carbocycles. The summed E-state index contributed by atoms with van der Waals surface area (Å²) in [7, 11) is 0. The lowest BCUT2D eigenvalue weighted by atomic mass is 10.1. The van der Waals surface area contributed by atoms with Crippen molar-refractivity contribution in [2.45, 2.75) is 24.7 Å². The Morgan fingerprint density at radius 2 is 1.82 bits per heavy atom. The van der Waals surface area contributed by atoms with Crippen LogP contribution in [0.15, 0.2) is 18.2 Å². The Bertz CT molecular complexity index is 879. The van der Waals surface area contributed by atoms with Gasteiger partial charge in [-0.3, -0.25) is 0 Å². The summed E-state index contributed by atoms with van der Waals surface area (Å²) in [5, 5.41) is 32.4. The fourth-order valence-corrected chi connectivity index (χ4v) is 3.43. The fourth-order valence-electron chi connectivity index (χ4n) is 3.19. The monoisotopic (exact) mass is 412 g/mol. The van der Waals surface area contributed by atoms with E-state index in [1.54, 1.807) is 0 Å². The lowest BCUT2D eigenvalue weighted by Gasteiger charge is -2.20. The molecule has 0 aliphatic heterocycles. The highest BCUT2D eigenvalue weighted by atomic mass is 35.5. The molecule has 6 N–H and O–H groups in total. The molecule has 1 fully saturated rings. The highest BCUT2D eigenvalue weighted by molar-refractivity contribution is 6.31. The molecule has 0 saturated heterocycles. The lowest BCUT2D eigenvalue weighted by Crippen LogP contribution is -2.35. The van der Waals surface area contributed by atoms with Gasteiger partial charge >= 0.3 is 0 Å². The van der Waals surface area contributed by atoms with Gasteiger partial charge in [-0.1, -0.05) is 17.7 Å². The minimum Gasteiger partial charge on any atom is -0.396 e. The minimum atomic E-state index is -1.14. The summed E-state index contributed by atoms with van der Waals surface area (Å²) in [6, 6.07) is 2.42. The summed E-state index contributed by atoms with van der Waals surface area (Å²) in [4.78, 5) is 7.93. The number of hydrogen-bond acceptors (Lipinski definition) is 7. The topological polar surface area (TPSA) is 125 Å². The van der Waals surface area contributed by atoms with Gasteiger partial charge in [-0.15, -0.1) is 0 Å². The summed E-state index contributed by atoms with van der Waals surface area (Å²) in [5.41, 5.74) is 6.19. The van der Waals surface area contributed by atoms with E-state index in [2.05, 4.69) is 15.3 Å². The van der Waals surface area contributed by atoms with Crippen LogP contribution in [0.5, 0.6) is 0 Å². The van der Waals surface area contributed by atoms with E-state index in [0.29, 0.717) is 6.42 Å². The van der Waals surface area contributed by atoms with Crippen molar-refractivity contribution in [2.75, 3.05) is 17.7 Å². The van der Waals surface area contributed by atoms with Gasteiger partial charge in [0, 0.05) is 18.6 Å². The number of anilines is 2. The van der Waals surface area contributed by atoms with Crippen LogP contribution in [-0.4, -0.2) is 50.1 Å². The van der Waals surface area contributed by atoms with E-state index in [4.69, 9.17) is 17.3 Å². The van der Waals surface area contributed by atoms with Gasteiger partial charge < -0.3 is 26.4 Å². The number of nitrogens with two attached hydrogens (primary N) is 1. The van der Waals surface area contributed by atoms with Gasteiger partial charge in [0.1, 0.15) is 28.7 Å². The zero-order valence-corrected chi connectivity index (χ0v) is 15.3. The molecule has 2 aromatic rings. The van der Waals surface area contributed by atoms with Crippen LogP contribution in [-0.2, 0) is 0 Å². The van der Waals surface area contributed by atoms with Gasteiger partial charge in [-0.2, -0.15) is 4.98 Å². The van der Waals surface area contributed by atoms with Crippen molar-refractivity contribution in [1.29, 1.82) is 0 Å². The number of aliphatic hydroxyl groups is 3. The fraction of sp³-hybridized carbons (Fsp3) is 0.333. The van der Waals surface area contributed by atoms with E-state index < -0.39 is 35.8 Å². The third-order valence-electron chi connectivity index (χ3n) is 4.60. The van der Waals surface area contributed by atoms with Crippen molar-refractivity contribution in [2.24, 2.45) is 5.92 Å². The van der Waals surface area contributed by atoms with E-state index in [-0.39, 0.29) is 34.7 Å². The SMILES string of the molecule is Nc1nc(Cl)c(C=Cc2cc(F)cc(F)c2)c(NC2CC(CO)C(O)C2O)n1. The van der Waals surface area contributed by atoms with E-state index in [9.17, 15) is 24.1 Å². The molecule has 0 bridgehead atoms. The normalized spacial score (nSPS) is 24.8. The number of benzene rings is 1. The molecule has 1 aromatic carbocycles. The van der Waals surface area contributed by atoms with Gasteiger partial charge in [0.15, 0.2) is 0 Å². The number of nitrogens with one attached hydrogen (secondary N) is 1. The predicted octanol–water partition coefficient (Wildman–Crippen LogP) is 1.68. The van der Waals surface area contributed by atoms with Crippen LogP contribution < -0.4 is 11.1 Å². The van der Waals surface area contributed by atoms with Crippen LogP contribution in [0.25, 0.3) is 12.2 Å². The summed E-state index contributed by atoms with van der Waals surface area (Å²) in [6.45, 7) is -0.277. The van der Waals surface area contributed by atoms with Crippen LogP contribution in [0.1, 0.15) is 17.5 Å². The Labute approximate surface area is 164 Å². The van der Waals surface area contributed by atoms with Crippen molar-refractivity contribution in [3.63, 3.8) is 0 Å². The molecule has 4 unspecified atom stereocenters. The van der Waals surface area contributed by atoms with Crippen molar-refractivity contribution in [3.05, 3.63) is 46.1 Å². The molecule has 7 nitrogen and oxygen atoms in total. The second-order valence-electron chi connectivity index (χ2n) is 6.58. The molecule has 28 heavy (non-hydrogen) atoms. The second-order valence-corrected chi connectivity index (χ2v) is 6.94. The standard InChI is InChI=1S/C18H19ClF2N4O3/c19-16-12(2-1-8-3-10(20)6-11(21)4-8)17(25-18(22)24-16)23-13-5-9(7-26)14(27)15(13)28/h1-4,6,9,13-15,26-28H,5,7H2,(H3,22,23,24,25). The maximum absolute atomic E-state index is 13.4. The highest BCUT2D eigenvalue weighted by Gasteiger charge is 2.41. The second kappa shape index (κ2) is 8.36. The Morgan fingerprint density at radius 1 is 1.14 bits per heavy atom. The molecule has 4 atom stereocenters. The van der Waals surface area contributed by atoms with Crippen molar-refractivity contribution < 1.29 is 24.1 Å². The number of aromatic nitrogens is 2. The molecule has 0 radical (unpaired) electrons. The first-order valence-electron chi connectivity index (χ1n) is 8.49. The maximum atomic E-state index is 13.4. The van der Waals surface area contributed by atoms with Gasteiger partial charge in [0.2, 0.25) is 5.95 Å². The Hall–Kier alpha value is -2.33. The zero-order chi connectivity index (χ0) is 20.4. The molecule has 1 aliphatic carbocycles. The molecule has 1 heterocycles. The first-order chi connectivity index (χ1) is 13.3. The van der Waals surface area contributed by atoms with E-state index in [1.165, 1.54) is 12.2 Å². The predicted molar refractivity (Wildman–Crippen MR) is 101 cm³/mol. The largest absolute Gasteiger partial charge is 0.396 e. The Kier molecular flexibility index (Phi) is 6.09. The minimum absolute atomic E-state index is 0.00475. The number of aliphatic hydroxyl groups excluding tert-OH is 3. The molecule has 1 aromatic heterocycles. The van der Waals surface area contributed by atoms with Crippen LogP contribution in [0.2, 0.25) is 5.15 Å². The average Bonchev–Trinajstić information content (AvgIpc) is 2.88. The van der Waals surface area contributed by atoms with Crippen molar-refractivity contribution in [3.8, 4) is 0 Å². The molecule has 10 heteroatoms. The smallest absolute Gasteiger partial charge is 0.223 e. The quantitative estimate of drug-likeness (QED) is 0.473. The molecule has 0 amide bonds. The van der Waals surface area contributed by atoms with Gasteiger partial charge in [0.05, 0.1) is 17.7 Å². The summed E-state index contributed by atoms with van der Waals surface area (Å²) < 4.78 is 26.7. The number of nitrogens with zero attached hydrogens (tertiary/aromatic N) is 2. The lowest BCUT2D eigenvalue weighted by molar-refractivity contribution is 0.00445. The number of hydrogen-bond donors (Lipinski definition) is 5. The van der Waals surface area contributed by atoms with Crippen LogP contribution >= 0.6 is 11.6 Å². The molecule has 3 rings (SSSR count). The van der Waals surface area contributed by atoms with Gasteiger partial charge in [-0.05, 0) is 30.2 Å². The number of nitrogen functional groups attached to an aromatic ring is 1. The third kappa shape index (κ3) is 4.39. The molecular weight excluding hydrogens is 394 g/mol. The van der Waals surface area contributed by atoms with Gasteiger partial charge in [0.25, 0.3) is 0 Å². The van der Waals surface area contributed by atoms with Crippen LogP contribution in [0.3, 0.4) is 0 Å². The zero-order valence-electron chi connectivity index (χ0n) is 14.6. The van der Waals surface area contributed by atoms with Gasteiger partial charge in [-0.25, -0.2) is 13.8 Å². The summed E-state index contributed by atoms with van der Waals surface area (Å²) in [5.74, 6) is -1.88. The summed E-state index contributed by atoms with van der Waals surface area (Å²) in [6.07, 6.45) is 0.944. The van der Waals surface area contributed by atoms with Crippen molar-refractivity contribution >= 4 is 35.5 Å². The first-order valence-corrected chi connectivity index (χ1v) is 8.87. The molecule has 0 spiro atoms. The third-order valence-corrected chi connectivity index (χ3v) is 4.89. The molecular formula is C18H19ClF2N4O3. The van der Waals surface area contributed by atoms with E-state index in [0.717, 1.165) is 18.2 Å². The first kappa shape index (κ1) is 20.4. The van der Waals surface area contributed by atoms with Crippen LogP contribution in [0, 0.1) is 17.6 Å². The van der Waals surface area contributed by atoms with Crippen molar-refractivity contribution in [1.82, 2.24) is 9.97 Å². The average molecular weight is 413 g/mol.